The summed E-state index contributed by atoms with van der Waals surface area (Å²) in [4.78, 5) is 15.7. The van der Waals surface area contributed by atoms with Crippen molar-refractivity contribution in [2.75, 3.05) is 5.32 Å². The van der Waals surface area contributed by atoms with Crippen LogP contribution in [-0.2, 0) is 19.1 Å². The van der Waals surface area contributed by atoms with E-state index < -0.39 is 11.7 Å². The number of hydrogen-bond acceptors (Lipinski definition) is 4. The molecule has 0 aliphatic rings. The number of rotatable bonds is 5. The molecule has 0 bridgehead atoms. The van der Waals surface area contributed by atoms with Gasteiger partial charge in [0.15, 0.2) is 0 Å². The highest BCUT2D eigenvalue weighted by Gasteiger charge is 2.32. The summed E-state index contributed by atoms with van der Waals surface area (Å²) in [6.07, 6.45) is 2.88. The molecule has 0 aliphatic heterocycles. The average Bonchev–Trinajstić information content (AvgIpc) is 3.09. The predicted octanol–water partition coefficient (Wildman–Crippen LogP) is 5.23. The Hall–Kier alpha value is -3.13. The van der Waals surface area contributed by atoms with Crippen LogP contribution in [0.5, 0.6) is 0 Å². The molecule has 9 heteroatoms. The van der Waals surface area contributed by atoms with Crippen LogP contribution in [0.25, 0.3) is 11.0 Å². The smallest absolute Gasteiger partial charge is 0.350 e. The van der Waals surface area contributed by atoms with Gasteiger partial charge in [0.2, 0.25) is 5.95 Å². The van der Waals surface area contributed by atoms with Crippen LogP contribution >= 0.6 is 11.6 Å². The maximum Gasteiger partial charge on any atom is 0.416 e. The number of nitrogens with one attached hydrogen (secondary N) is 2. The minimum atomic E-state index is -4.40. The zero-order chi connectivity index (χ0) is 20.4. The monoisotopic (exact) mass is 417 g/mol. The van der Waals surface area contributed by atoms with Gasteiger partial charge in [0.05, 0.1) is 10.6 Å². The largest absolute Gasteiger partial charge is 0.416 e. The molecule has 3 aromatic heterocycles. The van der Waals surface area contributed by atoms with E-state index in [0.717, 1.165) is 28.2 Å². The van der Waals surface area contributed by atoms with Gasteiger partial charge in [-0.15, -0.1) is 0 Å². The molecule has 29 heavy (non-hydrogen) atoms. The average molecular weight is 418 g/mol. The lowest BCUT2D eigenvalue weighted by Crippen LogP contribution is -2.12. The summed E-state index contributed by atoms with van der Waals surface area (Å²) < 4.78 is 39.2. The third kappa shape index (κ3) is 4.32. The van der Waals surface area contributed by atoms with E-state index in [9.17, 15) is 13.2 Å². The van der Waals surface area contributed by atoms with E-state index in [1.54, 1.807) is 24.7 Å². The van der Waals surface area contributed by atoms with Crippen molar-refractivity contribution in [1.82, 2.24) is 19.9 Å². The Morgan fingerprint density at radius 3 is 2.52 bits per heavy atom. The van der Waals surface area contributed by atoms with Crippen LogP contribution in [0.2, 0.25) is 5.02 Å². The first kappa shape index (κ1) is 19.2. The number of H-pyrrole nitrogens is 1. The SMILES string of the molecule is FC(F)(F)c1ccccc1CNc1ncc(Cc2c[nH]c3ncc(Cl)cc23)cn1. The molecular formula is C20H15ClF3N5. The number of aromatic nitrogens is 4. The molecule has 148 valence electrons. The maximum atomic E-state index is 13.1. The summed E-state index contributed by atoms with van der Waals surface area (Å²) in [5.41, 5.74) is 2.06. The Kier molecular flexibility index (Phi) is 5.10. The molecule has 0 atom stereocenters. The van der Waals surface area contributed by atoms with Gasteiger partial charge in [-0.05, 0) is 28.8 Å². The standard InChI is InChI=1S/C20H15ClF3N5/c21-15-6-16-14(10-25-18(16)26-11-15)5-12-7-27-19(28-8-12)29-9-13-3-1-2-4-17(13)20(22,23)24/h1-4,6-8,10-11H,5,9H2,(H,25,26)(H,27,28,29). The molecule has 5 nitrogen and oxygen atoms in total. The Bertz CT molecular complexity index is 1140. The van der Waals surface area contributed by atoms with Crippen LogP contribution in [0.4, 0.5) is 19.1 Å². The second-order valence-electron chi connectivity index (χ2n) is 6.46. The highest BCUT2D eigenvalue weighted by Crippen LogP contribution is 2.32. The first-order valence-corrected chi connectivity index (χ1v) is 9.09. The van der Waals surface area contributed by atoms with Gasteiger partial charge in [-0.3, -0.25) is 0 Å². The van der Waals surface area contributed by atoms with Crippen molar-refractivity contribution in [3.05, 3.63) is 82.4 Å². The second kappa shape index (κ2) is 7.71. The third-order valence-corrected chi connectivity index (χ3v) is 4.65. The van der Waals surface area contributed by atoms with Crippen molar-refractivity contribution in [3.63, 3.8) is 0 Å². The van der Waals surface area contributed by atoms with Gasteiger partial charge < -0.3 is 10.3 Å². The topological polar surface area (TPSA) is 66.5 Å². The second-order valence-corrected chi connectivity index (χ2v) is 6.90. The van der Waals surface area contributed by atoms with E-state index in [-0.39, 0.29) is 18.1 Å². The quantitative estimate of drug-likeness (QED) is 0.466. The molecule has 1 aromatic carbocycles. The predicted molar refractivity (Wildman–Crippen MR) is 105 cm³/mol. The number of nitrogens with zero attached hydrogens (tertiary/aromatic N) is 3. The molecule has 0 spiro atoms. The first-order valence-electron chi connectivity index (χ1n) is 8.71. The number of anilines is 1. The van der Waals surface area contributed by atoms with Crippen molar-refractivity contribution >= 4 is 28.6 Å². The number of aromatic amines is 1. The van der Waals surface area contributed by atoms with Crippen LogP contribution in [0.3, 0.4) is 0 Å². The van der Waals surface area contributed by atoms with Crippen molar-refractivity contribution < 1.29 is 13.2 Å². The lowest BCUT2D eigenvalue weighted by atomic mass is 10.1. The molecule has 0 saturated carbocycles. The van der Waals surface area contributed by atoms with Crippen LogP contribution in [-0.4, -0.2) is 19.9 Å². The van der Waals surface area contributed by atoms with E-state index in [0.29, 0.717) is 11.4 Å². The van der Waals surface area contributed by atoms with Gasteiger partial charge in [-0.2, -0.15) is 13.2 Å². The van der Waals surface area contributed by atoms with Gasteiger partial charge >= 0.3 is 6.18 Å². The van der Waals surface area contributed by atoms with Gasteiger partial charge in [0.25, 0.3) is 0 Å². The minimum absolute atomic E-state index is 0.0261. The molecule has 2 N–H and O–H groups in total. The lowest BCUT2D eigenvalue weighted by Gasteiger charge is -2.13. The number of halogens is 4. The number of benzene rings is 1. The first-order chi connectivity index (χ1) is 13.9. The number of fused-ring (bicyclic) bond motifs is 1. The van der Waals surface area contributed by atoms with Gasteiger partial charge in [-0.25, -0.2) is 15.0 Å². The molecule has 4 aromatic rings. The molecule has 0 fully saturated rings. The van der Waals surface area contributed by atoms with Crippen LogP contribution in [0, 0.1) is 0 Å². The zero-order valence-corrected chi connectivity index (χ0v) is 15.7. The van der Waals surface area contributed by atoms with Crippen LogP contribution < -0.4 is 5.32 Å². The Balaban J connectivity index is 1.45. The summed E-state index contributed by atoms with van der Waals surface area (Å²) in [6, 6.07) is 7.26. The Morgan fingerprint density at radius 1 is 1.00 bits per heavy atom. The van der Waals surface area contributed by atoms with E-state index >= 15 is 0 Å². The Morgan fingerprint density at radius 2 is 1.76 bits per heavy atom. The summed E-state index contributed by atoms with van der Waals surface area (Å²) in [5, 5.41) is 4.31. The summed E-state index contributed by atoms with van der Waals surface area (Å²) in [7, 11) is 0. The molecule has 0 aliphatic carbocycles. The van der Waals surface area contributed by atoms with E-state index in [1.165, 1.54) is 12.1 Å². The number of pyridine rings is 1. The van der Waals surface area contributed by atoms with Crippen molar-refractivity contribution in [1.29, 1.82) is 0 Å². The summed E-state index contributed by atoms with van der Waals surface area (Å²) in [5.74, 6) is 0.259. The fraction of sp³-hybridized carbons (Fsp3) is 0.150. The third-order valence-electron chi connectivity index (χ3n) is 4.44. The van der Waals surface area contributed by atoms with Crippen LogP contribution in [0.15, 0.2) is 55.1 Å². The number of alkyl halides is 3. The van der Waals surface area contributed by atoms with Crippen molar-refractivity contribution in [3.8, 4) is 0 Å². The van der Waals surface area contributed by atoms with Crippen molar-refractivity contribution in [2.45, 2.75) is 19.1 Å². The molecule has 0 unspecified atom stereocenters. The molecule has 3 heterocycles. The van der Waals surface area contributed by atoms with Gasteiger partial charge in [0, 0.05) is 43.1 Å². The lowest BCUT2D eigenvalue weighted by molar-refractivity contribution is -0.138. The molecule has 0 radical (unpaired) electrons. The molecular weight excluding hydrogens is 403 g/mol. The van der Waals surface area contributed by atoms with Gasteiger partial charge in [-0.1, -0.05) is 29.8 Å². The van der Waals surface area contributed by atoms with Crippen LogP contribution in [0.1, 0.15) is 22.3 Å². The summed E-state index contributed by atoms with van der Waals surface area (Å²) in [6.45, 7) is -0.0261. The molecule has 0 saturated heterocycles. The number of hydrogen-bond donors (Lipinski definition) is 2. The molecule has 4 rings (SSSR count). The summed E-state index contributed by atoms with van der Waals surface area (Å²) >= 11 is 6.02. The highest BCUT2D eigenvalue weighted by atomic mass is 35.5. The highest BCUT2D eigenvalue weighted by molar-refractivity contribution is 6.31. The van der Waals surface area contributed by atoms with E-state index in [4.69, 9.17) is 11.6 Å². The fourth-order valence-electron chi connectivity index (χ4n) is 3.06. The van der Waals surface area contributed by atoms with Gasteiger partial charge in [0.1, 0.15) is 5.65 Å². The van der Waals surface area contributed by atoms with E-state index in [1.807, 2.05) is 12.3 Å². The van der Waals surface area contributed by atoms with Crippen molar-refractivity contribution in [2.24, 2.45) is 0 Å². The normalized spacial score (nSPS) is 11.7. The Labute approximate surface area is 169 Å². The fourth-order valence-corrected chi connectivity index (χ4v) is 3.22. The zero-order valence-electron chi connectivity index (χ0n) is 15.0. The van der Waals surface area contributed by atoms with E-state index in [2.05, 4.69) is 25.3 Å². The minimum Gasteiger partial charge on any atom is -0.350 e. The molecule has 0 amide bonds. The maximum absolute atomic E-state index is 13.1.